The summed E-state index contributed by atoms with van der Waals surface area (Å²) in [6.45, 7) is 6.37. The first kappa shape index (κ1) is 19.1. The molecule has 0 saturated carbocycles. The summed E-state index contributed by atoms with van der Waals surface area (Å²) in [4.78, 5) is 27.7. The fraction of sp³-hybridized carbons (Fsp3) is 0.333. The van der Waals surface area contributed by atoms with Gasteiger partial charge in [0.15, 0.2) is 5.65 Å². The van der Waals surface area contributed by atoms with Crippen LogP contribution in [-0.4, -0.2) is 59.2 Å². The van der Waals surface area contributed by atoms with Crippen LogP contribution < -0.4 is 10.6 Å². The summed E-state index contributed by atoms with van der Waals surface area (Å²) in [5.74, 6) is 0.543. The van der Waals surface area contributed by atoms with E-state index in [1.54, 1.807) is 18.1 Å². The number of rotatable bonds is 3. The number of carbonyl (C=O) groups excluding carboxylic acids is 1. The molecule has 0 spiro atoms. The van der Waals surface area contributed by atoms with Crippen molar-refractivity contribution in [2.24, 2.45) is 0 Å². The van der Waals surface area contributed by atoms with Gasteiger partial charge in [0.25, 0.3) is 0 Å². The molecule has 0 radical (unpaired) electrons. The molecule has 1 aliphatic heterocycles. The second-order valence-electron chi connectivity index (χ2n) is 7.04. The van der Waals surface area contributed by atoms with Crippen molar-refractivity contribution >= 4 is 28.7 Å². The van der Waals surface area contributed by atoms with E-state index in [2.05, 4.69) is 25.6 Å². The van der Waals surface area contributed by atoms with Gasteiger partial charge in [-0.25, -0.2) is 14.8 Å². The largest absolute Gasteiger partial charge is 0.378 e. The lowest BCUT2D eigenvalue weighted by Gasteiger charge is -2.27. The number of carbonyl (C=O) groups is 1. The zero-order valence-corrected chi connectivity index (χ0v) is 16.8. The zero-order chi connectivity index (χ0) is 20.4. The molecular formula is C21H24N6O2. The molecule has 29 heavy (non-hydrogen) atoms. The fourth-order valence-electron chi connectivity index (χ4n) is 3.40. The zero-order valence-electron chi connectivity index (χ0n) is 16.8. The Morgan fingerprint density at radius 2 is 1.90 bits per heavy atom. The maximum Gasteiger partial charge on any atom is 0.321 e. The van der Waals surface area contributed by atoms with Crippen LogP contribution in [0.15, 0.2) is 30.5 Å². The Morgan fingerprint density at radius 3 is 2.66 bits per heavy atom. The van der Waals surface area contributed by atoms with Crippen LogP contribution in [-0.2, 0) is 4.74 Å². The smallest absolute Gasteiger partial charge is 0.321 e. The molecule has 8 nitrogen and oxygen atoms in total. The van der Waals surface area contributed by atoms with Crippen molar-refractivity contribution in [2.75, 3.05) is 44.0 Å². The molecular weight excluding hydrogens is 368 g/mol. The number of hydrogen-bond donors (Lipinski definition) is 2. The number of fused-ring (bicyclic) bond motifs is 1. The van der Waals surface area contributed by atoms with Gasteiger partial charge in [-0.15, -0.1) is 0 Å². The number of pyridine rings is 1. The quantitative estimate of drug-likeness (QED) is 0.711. The van der Waals surface area contributed by atoms with Crippen molar-refractivity contribution in [3.8, 4) is 11.1 Å². The second kappa shape index (κ2) is 8.00. The van der Waals surface area contributed by atoms with Crippen molar-refractivity contribution in [1.82, 2.24) is 19.9 Å². The average Bonchev–Trinajstić information content (AvgIpc) is 2.75. The van der Waals surface area contributed by atoms with E-state index in [0.29, 0.717) is 37.9 Å². The highest BCUT2D eigenvalue weighted by atomic mass is 16.5. The molecule has 3 heterocycles. The third kappa shape index (κ3) is 3.97. The standard InChI is InChI=1S/C21H24N6O2/c1-13-4-5-16(25-21(28)27-6-8-29-9-7-27)11-17(13)18-10-15-12-23-20(22-3)26-19(15)24-14(18)2/h4-5,10-12H,6-9H2,1-3H3,(H,25,28)(H,22,23,24,26). The van der Waals surface area contributed by atoms with E-state index in [1.165, 1.54) is 0 Å². The van der Waals surface area contributed by atoms with Gasteiger partial charge in [-0.1, -0.05) is 6.07 Å². The number of nitrogens with zero attached hydrogens (tertiary/aromatic N) is 4. The van der Waals surface area contributed by atoms with E-state index in [0.717, 1.165) is 33.5 Å². The number of amides is 2. The monoisotopic (exact) mass is 392 g/mol. The van der Waals surface area contributed by atoms with E-state index < -0.39 is 0 Å². The second-order valence-corrected chi connectivity index (χ2v) is 7.04. The number of aryl methyl sites for hydroxylation is 2. The molecule has 2 amide bonds. The van der Waals surface area contributed by atoms with Gasteiger partial charge < -0.3 is 20.3 Å². The van der Waals surface area contributed by atoms with Crippen molar-refractivity contribution in [2.45, 2.75) is 13.8 Å². The summed E-state index contributed by atoms with van der Waals surface area (Å²) < 4.78 is 5.31. The average molecular weight is 392 g/mol. The topological polar surface area (TPSA) is 92.3 Å². The molecule has 2 N–H and O–H groups in total. The normalized spacial score (nSPS) is 14.1. The third-order valence-corrected chi connectivity index (χ3v) is 5.06. The first-order valence-electron chi connectivity index (χ1n) is 9.62. The highest BCUT2D eigenvalue weighted by Crippen LogP contribution is 2.30. The van der Waals surface area contributed by atoms with E-state index in [4.69, 9.17) is 4.74 Å². The summed E-state index contributed by atoms with van der Waals surface area (Å²) in [7, 11) is 1.78. The van der Waals surface area contributed by atoms with Gasteiger partial charge in [-0.05, 0) is 43.2 Å². The van der Waals surface area contributed by atoms with Crippen LogP contribution in [0.3, 0.4) is 0 Å². The van der Waals surface area contributed by atoms with Gasteiger partial charge >= 0.3 is 6.03 Å². The number of nitrogens with one attached hydrogen (secondary N) is 2. The summed E-state index contributed by atoms with van der Waals surface area (Å²) in [5.41, 5.74) is 5.40. The number of benzene rings is 1. The summed E-state index contributed by atoms with van der Waals surface area (Å²) in [6, 6.07) is 7.86. The van der Waals surface area contributed by atoms with Gasteiger partial charge in [0.05, 0.1) is 13.2 Å². The Balaban J connectivity index is 1.66. The molecule has 3 aromatic rings. The Bertz CT molecular complexity index is 1060. The molecule has 1 saturated heterocycles. The van der Waals surface area contributed by atoms with Crippen molar-refractivity contribution in [1.29, 1.82) is 0 Å². The minimum Gasteiger partial charge on any atom is -0.378 e. The molecule has 4 rings (SSSR count). The maximum absolute atomic E-state index is 12.5. The Morgan fingerprint density at radius 1 is 1.10 bits per heavy atom. The minimum absolute atomic E-state index is 0.107. The Hall–Kier alpha value is -3.26. The molecule has 1 aromatic carbocycles. The molecule has 0 atom stereocenters. The third-order valence-electron chi connectivity index (χ3n) is 5.06. The number of ether oxygens (including phenoxy) is 1. The molecule has 0 bridgehead atoms. The fourth-order valence-corrected chi connectivity index (χ4v) is 3.40. The van der Waals surface area contributed by atoms with Gasteiger partial charge in [0.2, 0.25) is 5.95 Å². The summed E-state index contributed by atoms with van der Waals surface area (Å²) >= 11 is 0. The van der Waals surface area contributed by atoms with Gasteiger partial charge in [0.1, 0.15) is 0 Å². The lowest BCUT2D eigenvalue weighted by molar-refractivity contribution is 0.0564. The van der Waals surface area contributed by atoms with Crippen LogP contribution >= 0.6 is 0 Å². The Kier molecular flexibility index (Phi) is 5.26. The molecule has 8 heteroatoms. The minimum atomic E-state index is -0.107. The molecule has 150 valence electrons. The molecule has 1 aliphatic rings. The van der Waals surface area contributed by atoms with Crippen LogP contribution in [0.1, 0.15) is 11.3 Å². The number of morpholine rings is 1. The molecule has 0 aliphatic carbocycles. The lowest BCUT2D eigenvalue weighted by Crippen LogP contribution is -2.43. The number of aromatic nitrogens is 3. The van der Waals surface area contributed by atoms with Gasteiger partial charge in [0, 0.05) is 48.7 Å². The molecule has 2 aromatic heterocycles. The van der Waals surface area contributed by atoms with Crippen LogP contribution in [0.25, 0.3) is 22.2 Å². The highest BCUT2D eigenvalue weighted by molar-refractivity contribution is 5.91. The van der Waals surface area contributed by atoms with Crippen molar-refractivity contribution < 1.29 is 9.53 Å². The van der Waals surface area contributed by atoms with Gasteiger partial charge in [-0.2, -0.15) is 4.98 Å². The summed E-state index contributed by atoms with van der Waals surface area (Å²) in [5, 5.41) is 6.80. The number of hydrogen-bond acceptors (Lipinski definition) is 6. The lowest BCUT2D eigenvalue weighted by atomic mass is 9.98. The maximum atomic E-state index is 12.5. The van der Waals surface area contributed by atoms with E-state index >= 15 is 0 Å². The Labute approximate surface area is 169 Å². The van der Waals surface area contributed by atoms with E-state index in [-0.39, 0.29) is 6.03 Å². The SMILES string of the molecule is CNc1ncc2cc(-c3cc(NC(=O)N4CCOCC4)ccc3C)c(C)nc2n1. The van der Waals surface area contributed by atoms with Crippen LogP contribution in [0.5, 0.6) is 0 Å². The first-order chi connectivity index (χ1) is 14.0. The predicted octanol–water partition coefficient (Wildman–Crippen LogP) is 3.21. The van der Waals surface area contributed by atoms with Crippen LogP contribution in [0, 0.1) is 13.8 Å². The molecule has 0 unspecified atom stereocenters. The number of anilines is 2. The van der Waals surface area contributed by atoms with Crippen LogP contribution in [0.2, 0.25) is 0 Å². The van der Waals surface area contributed by atoms with E-state index in [1.807, 2.05) is 38.1 Å². The first-order valence-corrected chi connectivity index (χ1v) is 9.62. The van der Waals surface area contributed by atoms with Crippen LogP contribution in [0.4, 0.5) is 16.4 Å². The highest BCUT2D eigenvalue weighted by Gasteiger charge is 2.17. The van der Waals surface area contributed by atoms with Crippen molar-refractivity contribution in [3.63, 3.8) is 0 Å². The predicted molar refractivity (Wildman–Crippen MR) is 113 cm³/mol. The molecule has 1 fully saturated rings. The summed E-state index contributed by atoms with van der Waals surface area (Å²) in [6.07, 6.45) is 1.77. The van der Waals surface area contributed by atoms with Gasteiger partial charge in [-0.3, -0.25) is 0 Å². The van der Waals surface area contributed by atoms with Crippen molar-refractivity contribution in [3.05, 3.63) is 41.7 Å². The number of urea groups is 1. The van der Waals surface area contributed by atoms with E-state index in [9.17, 15) is 4.79 Å².